The number of aromatic nitrogens is 1. The second-order valence-corrected chi connectivity index (χ2v) is 4.67. The van der Waals surface area contributed by atoms with Crippen molar-refractivity contribution in [3.63, 3.8) is 0 Å². The van der Waals surface area contributed by atoms with Crippen molar-refractivity contribution < 1.29 is 9.53 Å². The lowest BCUT2D eigenvalue weighted by atomic mass is 10.2. The summed E-state index contributed by atoms with van der Waals surface area (Å²) in [5.41, 5.74) is 2.28. The maximum atomic E-state index is 11.5. The van der Waals surface area contributed by atoms with Crippen molar-refractivity contribution in [1.82, 2.24) is 4.98 Å². The van der Waals surface area contributed by atoms with Crippen LogP contribution in [-0.2, 0) is 4.74 Å². The Morgan fingerprint density at radius 2 is 2.15 bits per heavy atom. The van der Waals surface area contributed by atoms with Gasteiger partial charge in [0.25, 0.3) is 0 Å². The molecule has 0 atom stereocenters. The van der Waals surface area contributed by atoms with Gasteiger partial charge in [-0.15, -0.1) is 0 Å². The van der Waals surface area contributed by atoms with Crippen LogP contribution in [0.2, 0.25) is 5.02 Å². The maximum Gasteiger partial charge on any atom is 0.339 e. The Kier molecular flexibility index (Phi) is 4.58. The number of nitrogens with zero attached hydrogens (tertiary/aromatic N) is 1. The Labute approximate surface area is 122 Å². The van der Waals surface area contributed by atoms with Gasteiger partial charge in [-0.1, -0.05) is 17.7 Å². The number of benzene rings is 1. The number of esters is 1. The van der Waals surface area contributed by atoms with Gasteiger partial charge >= 0.3 is 5.97 Å². The molecule has 1 heterocycles. The molecule has 1 aromatic heterocycles. The average molecular weight is 291 g/mol. The fourth-order valence-corrected chi connectivity index (χ4v) is 1.94. The standard InChI is InChI=1S/C15H15ClN2O2/c1-3-20-15(19)11-5-7-14(17-9-11)18-13-6-4-10(2)8-12(13)16/h4-9H,3H2,1-2H3,(H,17,18). The smallest absolute Gasteiger partial charge is 0.339 e. The van der Waals surface area contributed by atoms with Gasteiger partial charge in [-0.05, 0) is 43.7 Å². The number of hydrogen-bond acceptors (Lipinski definition) is 4. The molecule has 1 aromatic carbocycles. The predicted octanol–water partition coefficient (Wildman–Crippen LogP) is 3.96. The van der Waals surface area contributed by atoms with Gasteiger partial charge in [0.2, 0.25) is 0 Å². The number of nitrogens with one attached hydrogen (secondary N) is 1. The van der Waals surface area contributed by atoms with Gasteiger partial charge < -0.3 is 10.1 Å². The summed E-state index contributed by atoms with van der Waals surface area (Å²) in [6.45, 7) is 4.08. The molecule has 5 heteroatoms. The van der Waals surface area contributed by atoms with E-state index in [4.69, 9.17) is 16.3 Å². The van der Waals surface area contributed by atoms with Crippen LogP contribution in [0.4, 0.5) is 11.5 Å². The summed E-state index contributed by atoms with van der Waals surface area (Å²) >= 11 is 6.14. The van der Waals surface area contributed by atoms with Crippen LogP contribution in [0.25, 0.3) is 0 Å². The zero-order valence-corrected chi connectivity index (χ0v) is 12.1. The predicted molar refractivity (Wildman–Crippen MR) is 79.7 cm³/mol. The normalized spacial score (nSPS) is 10.2. The van der Waals surface area contributed by atoms with Crippen molar-refractivity contribution in [3.8, 4) is 0 Å². The number of halogens is 1. The Bertz CT molecular complexity index is 612. The molecule has 0 bridgehead atoms. The number of carbonyl (C=O) groups excluding carboxylic acids is 1. The first-order valence-electron chi connectivity index (χ1n) is 6.26. The first-order chi connectivity index (χ1) is 9.60. The number of pyridine rings is 1. The Morgan fingerprint density at radius 3 is 2.75 bits per heavy atom. The Morgan fingerprint density at radius 1 is 1.35 bits per heavy atom. The molecular formula is C15H15ClN2O2. The minimum atomic E-state index is -0.375. The molecule has 0 saturated carbocycles. The summed E-state index contributed by atoms with van der Waals surface area (Å²) in [5, 5.41) is 3.73. The molecule has 0 unspecified atom stereocenters. The van der Waals surface area contributed by atoms with Crippen LogP contribution in [0.1, 0.15) is 22.8 Å². The highest BCUT2D eigenvalue weighted by atomic mass is 35.5. The Balaban J connectivity index is 2.12. The maximum absolute atomic E-state index is 11.5. The zero-order valence-electron chi connectivity index (χ0n) is 11.3. The summed E-state index contributed by atoms with van der Waals surface area (Å²) in [6, 6.07) is 9.09. The highest BCUT2D eigenvalue weighted by Crippen LogP contribution is 2.25. The lowest BCUT2D eigenvalue weighted by Crippen LogP contribution is -2.05. The quantitative estimate of drug-likeness (QED) is 0.866. The fourth-order valence-electron chi connectivity index (χ4n) is 1.66. The number of ether oxygens (including phenoxy) is 1. The van der Waals surface area contributed by atoms with Crippen molar-refractivity contribution in [2.24, 2.45) is 0 Å². The highest BCUT2D eigenvalue weighted by molar-refractivity contribution is 6.33. The monoisotopic (exact) mass is 290 g/mol. The van der Waals surface area contributed by atoms with Gasteiger partial charge in [-0.25, -0.2) is 9.78 Å². The molecule has 0 radical (unpaired) electrons. The summed E-state index contributed by atoms with van der Waals surface area (Å²) in [6.07, 6.45) is 1.47. The molecule has 0 amide bonds. The van der Waals surface area contributed by atoms with Gasteiger partial charge in [-0.3, -0.25) is 0 Å². The minimum Gasteiger partial charge on any atom is -0.462 e. The number of rotatable bonds is 4. The molecular weight excluding hydrogens is 276 g/mol. The van der Waals surface area contributed by atoms with Crippen LogP contribution < -0.4 is 5.32 Å². The highest BCUT2D eigenvalue weighted by Gasteiger charge is 2.07. The first-order valence-corrected chi connectivity index (χ1v) is 6.64. The molecule has 0 saturated heterocycles. The molecule has 0 spiro atoms. The second-order valence-electron chi connectivity index (χ2n) is 4.26. The number of anilines is 2. The van der Waals surface area contributed by atoms with Crippen molar-refractivity contribution in [1.29, 1.82) is 0 Å². The molecule has 2 aromatic rings. The van der Waals surface area contributed by atoms with Crippen LogP contribution in [0.5, 0.6) is 0 Å². The van der Waals surface area contributed by atoms with E-state index in [1.807, 2.05) is 25.1 Å². The van der Waals surface area contributed by atoms with E-state index < -0.39 is 0 Å². The number of hydrogen-bond donors (Lipinski definition) is 1. The lowest BCUT2D eigenvalue weighted by molar-refractivity contribution is 0.0526. The molecule has 0 aliphatic heterocycles. The molecule has 4 nitrogen and oxygen atoms in total. The van der Waals surface area contributed by atoms with Crippen molar-refractivity contribution >= 4 is 29.1 Å². The molecule has 0 aliphatic carbocycles. The van der Waals surface area contributed by atoms with Crippen LogP contribution in [0.15, 0.2) is 36.5 Å². The summed E-state index contributed by atoms with van der Waals surface area (Å²) in [7, 11) is 0. The molecule has 1 N–H and O–H groups in total. The van der Waals surface area contributed by atoms with E-state index >= 15 is 0 Å². The molecule has 0 aliphatic rings. The van der Waals surface area contributed by atoms with E-state index in [0.29, 0.717) is 23.0 Å². The van der Waals surface area contributed by atoms with Crippen molar-refractivity contribution in [3.05, 3.63) is 52.7 Å². The van der Waals surface area contributed by atoms with Crippen LogP contribution in [0.3, 0.4) is 0 Å². The van der Waals surface area contributed by atoms with Crippen LogP contribution in [0, 0.1) is 6.92 Å². The topological polar surface area (TPSA) is 51.2 Å². The largest absolute Gasteiger partial charge is 0.462 e. The van der Waals surface area contributed by atoms with E-state index in [9.17, 15) is 4.79 Å². The van der Waals surface area contributed by atoms with E-state index in [0.717, 1.165) is 11.3 Å². The van der Waals surface area contributed by atoms with E-state index in [1.165, 1.54) is 6.20 Å². The SMILES string of the molecule is CCOC(=O)c1ccc(Nc2ccc(C)cc2Cl)nc1. The fraction of sp³-hybridized carbons (Fsp3) is 0.200. The third kappa shape index (κ3) is 3.48. The van der Waals surface area contributed by atoms with Crippen LogP contribution >= 0.6 is 11.6 Å². The summed E-state index contributed by atoms with van der Waals surface area (Å²) < 4.78 is 4.90. The van der Waals surface area contributed by atoms with Crippen molar-refractivity contribution in [2.75, 3.05) is 11.9 Å². The van der Waals surface area contributed by atoms with Gasteiger partial charge in [0.05, 0.1) is 22.9 Å². The van der Waals surface area contributed by atoms with Gasteiger partial charge in [0, 0.05) is 6.20 Å². The van der Waals surface area contributed by atoms with E-state index in [-0.39, 0.29) is 5.97 Å². The zero-order chi connectivity index (χ0) is 14.5. The third-order valence-electron chi connectivity index (χ3n) is 2.66. The van der Waals surface area contributed by atoms with E-state index in [1.54, 1.807) is 19.1 Å². The number of aryl methyl sites for hydroxylation is 1. The van der Waals surface area contributed by atoms with Crippen molar-refractivity contribution in [2.45, 2.75) is 13.8 Å². The minimum absolute atomic E-state index is 0.345. The van der Waals surface area contributed by atoms with Gasteiger partial charge in [0.15, 0.2) is 0 Å². The van der Waals surface area contributed by atoms with E-state index in [2.05, 4.69) is 10.3 Å². The first kappa shape index (κ1) is 14.3. The molecule has 104 valence electrons. The summed E-state index contributed by atoms with van der Waals surface area (Å²) in [4.78, 5) is 15.7. The molecule has 0 fully saturated rings. The summed E-state index contributed by atoms with van der Waals surface area (Å²) in [5.74, 6) is 0.240. The van der Waals surface area contributed by atoms with Gasteiger partial charge in [0.1, 0.15) is 5.82 Å². The lowest BCUT2D eigenvalue weighted by Gasteiger charge is -2.08. The number of carbonyl (C=O) groups is 1. The average Bonchev–Trinajstić information content (AvgIpc) is 2.43. The molecule has 20 heavy (non-hydrogen) atoms. The van der Waals surface area contributed by atoms with Crippen LogP contribution in [-0.4, -0.2) is 17.6 Å². The van der Waals surface area contributed by atoms with Gasteiger partial charge in [-0.2, -0.15) is 0 Å². The third-order valence-corrected chi connectivity index (χ3v) is 2.97. The second kappa shape index (κ2) is 6.39. The Hall–Kier alpha value is -2.07. The molecule has 2 rings (SSSR count).